The number of benzene rings is 1. The molecule has 0 aliphatic carbocycles. The first kappa shape index (κ1) is 13.2. The van der Waals surface area contributed by atoms with Crippen LogP contribution in [0.2, 0.25) is 0 Å². The van der Waals surface area contributed by atoms with Gasteiger partial charge in [-0.05, 0) is 12.0 Å². The van der Waals surface area contributed by atoms with Gasteiger partial charge in [0, 0.05) is 18.8 Å². The fourth-order valence-corrected chi connectivity index (χ4v) is 3.71. The average Bonchev–Trinajstić information content (AvgIpc) is 2.70. The van der Waals surface area contributed by atoms with E-state index in [1.165, 1.54) is 0 Å². The molecule has 1 atom stereocenters. The van der Waals surface area contributed by atoms with Gasteiger partial charge in [0.2, 0.25) is 0 Å². The molecule has 98 valence electrons. The van der Waals surface area contributed by atoms with Gasteiger partial charge in [-0.15, -0.1) is 0 Å². The van der Waals surface area contributed by atoms with Crippen molar-refractivity contribution in [2.24, 2.45) is 4.99 Å². The first-order valence-corrected chi connectivity index (χ1v) is 7.96. The summed E-state index contributed by atoms with van der Waals surface area (Å²) in [5.74, 6) is 0.591. The predicted octanol–water partition coefficient (Wildman–Crippen LogP) is 0.882. The zero-order valence-electron chi connectivity index (χ0n) is 10.2. The predicted molar refractivity (Wildman–Crippen MR) is 74.0 cm³/mol. The van der Waals surface area contributed by atoms with Gasteiger partial charge in [-0.25, -0.2) is 8.42 Å². The van der Waals surface area contributed by atoms with E-state index in [1.807, 2.05) is 36.5 Å². The second kappa shape index (κ2) is 6.11. The molecular formula is C13H18N2O2S. The third kappa shape index (κ3) is 4.23. The molecule has 1 fully saturated rings. The fourth-order valence-electron chi connectivity index (χ4n) is 2.00. The van der Waals surface area contributed by atoms with Gasteiger partial charge in [-0.2, -0.15) is 0 Å². The summed E-state index contributed by atoms with van der Waals surface area (Å²) in [4.78, 5) is 4.30. The average molecular weight is 266 g/mol. The maximum Gasteiger partial charge on any atom is 0.151 e. The van der Waals surface area contributed by atoms with E-state index in [2.05, 4.69) is 10.3 Å². The lowest BCUT2D eigenvalue weighted by Gasteiger charge is -2.08. The lowest BCUT2D eigenvalue weighted by atomic mass is 10.2. The molecule has 1 N–H and O–H groups in total. The van der Waals surface area contributed by atoms with Gasteiger partial charge in [0.1, 0.15) is 0 Å². The number of hydrogen-bond acceptors (Lipinski definition) is 4. The molecule has 1 aliphatic rings. The molecular weight excluding hydrogens is 248 g/mol. The van der Waals surface area contributed by atoms with Gasteiger partial charge in [0.05, 0.1) is 18.1 Å². The Morgan fingerprint density at radius 2 is 2.11 bits per heavy atom. The highest BCUT2D eigenvalue weighted by atomic mass is 32.2. The van der Waals surface area contributed by atoms with Crippen molar-refractivity contribution in [2.45, 2.75) is 12.5 Å². The van der Waals surface area contributed by atoms with Gasteiger partial charge in [0.15, 0.2) is 9.84 Å². The summed E-state index contributed by atoms with van der Waals surface area (Å²) >= 11 is 0. The van der Waals surface area contributed by atoms with Crippen LogP contribution >= 0.6 is 0 Å². The Labute approximate surface area is 108 Å². The second-order valence-electron chi connectivity index (χ2n) is 4.50. The molecule has 1 aromatic rings. The smallest absolute Gasteiger partial charge is 0.151 e. The lowest BCUT2D eigenvalue weighted by molar-refractivity contribution is 0.561. The zero-order chi connectivity index (χ0) is 12.8. The number of rotatable bonds is 5. The lowest BCUT2D eigenvalue weighted by Crippen LogP contribution is -2.32. The summed E-state index contributed by atoms with van der Waals surface area (Å²) in [6.07, 6.45) is 2.57. The van der Waals surface area contributed by atoms with Gasteiger partial charge in [-0.3, -0.25) is 4.99 Å². The van der Waals surface area contributed by atoms with Crippen molar-refractivity contribution < 1.29 is 8.42 Å². The van der Waals surface area contributed by atoms with Crippen molar-refractivity contribution in [1.29, 1.82) is 0 Å². The van der Waals surface area contributed by atoms with Crippen molar-refractivity contribution in [1.82, 2.24) is 5.32 Å². The van der Waals surface area contributed by atoms with Crippen LogP contribution in [0.15, 0.2) is 35.3 Å². The first-order valence-electron chi connectivity index (χ1n) is 6.14. The molecule has 1 saturated heterocycles. The quantitative estimate of drug-likeness (QED) is 0.636. The molecule has 1 aliphatic heterocycles. The summed E-state index contributed by atoms with van der Waals surface area (Å²) in [7, 11) is -2.78. The Bertz CT molecular complexity index is 497. The summed E-state index contributed by atoms with van der Waals surface area (Å²) in [6.45, 7) is 1.40. The zero-order valence-corrected chi connectivity index (χ0v) is 11.1. The Hall–Kier alpha value is -1.20. The maximum absolute atomic E-state index is 11.2. The molecule has 0 saturated carbocycles. The molecule has 1 heterocycles. The van der Waals surface area contributed by atoms with Gasteiger partial charge >= 0.3 is 0 Å². The van der Waals surface area contributed by atoms with Gasteiger partial charge in [-0.1, -0.05) is 30.3 Å². The van der Waals surface area contributed by atoms with Gasteiger partial charge < -0.3 is 5.32 Å². The fraction of sp³-hybridized carbons (Fsp3) is 0.462. The third-order valence-corrected chi connectivity index (χ3v) is 4.71. The van der Waals surface area contributed by atoms with E-state index in [0.717, 1.165) is 18.5 Å². The van der Waals surface area contributed by atoms with Crippen molar-refractivity contribution in [2.75, 3.05) is 24.6 Å². The first-order chi connectivity index (χ1) is 8.66. The molecule has 5 heteroatoms. The number of sulfone groups is 1. The monoisotopic (exact) mass is 266 g/mol. The van der Waals surface area contributed by atoms with E-state index < -0.39 is 9.84 Å². The summed E-state index contributed by atoms with van der Waals surface area (Å²) < 4.78 is 22.5. The Balaban J connectivity index is 1.66. The molecule has 1 aromatic carbocycles. The molecule has 18 heavy (non-hydrogen) atoms. The molecule has 1 unspecified atom stereocenters. The van der Waals surface area contributed by atoms with Crippen molar-refractivity contribution in [3.63, 3.8) is 0 Å². The van der Waals surface area contributed by atoms with Crippen LogP contribution in [0.1, 0.15) is 12.0 Å². The van der Waals surface area contributed by atoms with E-state index in [4.69, 9.17) is 0 Å². The second-order valence-corrected chi connectivity index (χ2v) is 6.73. The van der Waals surface area contributed by atoms with E-state index in [-0.39, 0.29) is 11.8 Å². The highest BCUT2D eigenvalue weighted by molar-refractivity contribution is 7.91. The van der Waals surface area contributed by atoms with Crippen LogP contribution in [0.5, 0.6) is 0 Å². The van der Waals surface area contributed by atoms with E-state index >= 15 is 0 Å². The van der Waals surface area contributed by atoms with E-state index in [9.17, 15) is 8.42 Å². The van der Waals surface area contributed by atoms with E-state index in [1.54, 1.807) is 0 Å². The van der Waals surface area contributed by atoms with Crippen molar-refractivity contribution in [3.8, 4) is 0 Å². The summed E-state index contributed by atoms with van der Waals surface area (Å²) in [5.41, 5.74) is 1.08. The number of hydrogen-bond donors (Lipinski definition) is 1. The Morgan fingerprint density at radius 1 is 1.33 bits per heavy atom. The Kier molecular flexibility index (Phi) is 4.49. The number of nitrogens with one attached hydrogen (secondary N) is 1. The minimum Gasteiger partial charge on any atom is -0.311 e. The SMILES string of the molecule is O=S1(=O)CCC(NCCN=Cc2ccccc2)C1. The molecule has 0 spiro atoms. The van der Waals surface area contributed by atoms with Gasteiger partial charge in [0.25, 0.3) is 0 Å². The highest BCUT2D eigenvalue weighted by Gasteiger charge is 2.26. The van der Waals surface area contributed by atoms with Crippen LogP contribution in [0, 0.1) is 0 Å². The van der Waals surface area contributed by atoms with E-state index in [0.29, 0.717) is 12.3 Å². The molecule has 0 bridgehead atoms. The standard InChI is InChI=1S/C13H18N2O2S/c16-18(17)9-6-13(11-18)15-8-7-14-10-12-4-2-1-3-5-12/h1-5,10,13,15H,6-9,11H2. The largest absolute Gasteiger partial charge is 0.311 e. The van der Waals surface area contributed by atoms with Crippen LogP contribution in [-0.4, -0.2) is 45.3 Å². The normalized spacial score (nSPS) is 22.6. The highest BCUT2D eigenvalue weighted by Crippen LogP contribution is 2.10. The van der Waals surface area contributed by atoms with Crippen molar-refractivity contribution >= 4 is 16.1 Å². The minimum absolute atomic E-state index is 0.113. The van der Waals surface area contributed by atoms with Crippen LogP contribution in [-0.2, 0) is 9.84 Å². The molecule has 4 nitrogen and oxygen atoms in total. The van der Waals surface area contributed by atoms with Crippen LogP contribution < -0.4 is 5.32 Å². The van der Waals surface area contributed by atoms with Crippen molar-refractivity contribution in [3.05, 3.63) is 35.9 Å². The number of aliphatic imine (C=N–C) groups is 1. The Morgan fingerprint density at radius 3 is 2.78 bits per heavy atom. The summed E-state index contributed by atoms with van der Waals surface area (Å²) in [6, 6.07) is 10.0. The molecule has 2 rings (SSSR count). The molecule has 0 aromatic heterocycles. The number of nitrogens with zero attached hydrogens (tertiary/aromatic N) is 1. The van der Waals surface area contributed by atoms with Crippen LogP contribution in [0.25, 0.3) is 0 Å². The molecule has 0 amide bonds. The molecule has 0 radical (unpaired) electrons. The summed E-state index contributed by atoms with van der Waals surface area (Å²) in [5, 5.41) is 3.23. The topological polar surface area (TPSA) is 58.5 Å². The minimum atomic E-state index is -2.78. The van der Waals surface area contributed by atoms with Crippen LogP contribution in [0.4, 0.5) is 0 Å². The third-order valence-electron chi connectivity index (χ3n) is 2.95. The van der Waals surface area contributed by atoms with Crippen LogP contribution in [0.3, 0.4) is 0 Å². The maximum atomic E-state index is 11.2.